The van der Waals surface area contributed by atoms with Crippen LogP contribution in [0.5, 0.6) is 0 Å². The van der Waals surface area contributed by atoms with Gasteiger partial charge in [0.15, 0.2) is 0 Å². The molecule has 2 atom stereocenters. The molecule has 2 N–H and O–H groups in total. The van der Waals surface area contributed by atoms with Crippen LogP contribution in [0.3, 0.4) is 0 Å². The lowest BCUT2D eigenvalue weighted by molar-refractivity contribution is 0.0760. The Morgan fingerprint density at radius 3 is 2.84 bits per heavy atom. The van der Waals surface area contributed by atoms with Crippen molar-refractivity contribution in [2.45, 2.75) is 46.0 Å². The molecule has 2 amide bonds. The van der Waals surface area contributed by atoms with Crippen LogP contribution in [0.2, 0.25) is 0 Å². The zero-order valence-corrected chi connectivity index (χ0v) is 18.8. The maximum atomic E-state index is 13.0. The minimum Gasteiger partial charge on any atom is -0.350 e. The monoisotopic (exact) mass is 425 g/mol. The molecule has 0 spiro atoms. The molecule has 168 valence electrons. The molecule has 0 aromatic carbocycles. The number of aromatic nitrogens is 2. The maximum absolute atomic E-state index is 13.0. The van der Waals surface area contributed by atoms with Crippen molar-refractivity contribution in [3.8, 4) is 0 Å². The van der Waals surface area contributed by atoms with Crippen LogP contribution in [0.25, 0.3) is 5.65 Å². The second-order valence-corrected chi connectivity index (χ2v) is 9.32. The molecule has 2 aromatic heterocycles. The van der Waals surface area contributed by atoms with E-state index in [4.69, 9.17) is 0 Å². The molecule has 7 nitrogen and oxygen atoms in total. The van der Waals surface area contributed by atoms with Crippen LogP contribution in [0.1, 0.15) is 66.9 Å². The smallest absolute Gasteiger partial charge is 0.274 e. The maximum Gasteiger partial charge on any atom is 0.274 e. The number of nitrogens with one attached hydrogen (secondary N) is 2. The Kier molecular flexibility index (Phi) is 6.90. The standard InChI is InChI=1S/C24H35N5O2/c1-17(2)19-8-4-3-7-18(19)15-26-23(30)21-9-5-10-22-27-20(16-29(21)22)24(31)28-13-6-11-25-12-14-28/h5,9-10,16-19,25H,3-4,6-8,11-15H2,1-2H3,(H,26,30)/t18-,19?/m0/s1. The number of hydrogen-bond donors (Lipinski definition) is 2. The highest BCUT2D eigenvalue weighted by Crippen LogP contribution is 2.34. The molecule has 0 radical (unpaired) electrons. The van der Waals surface area contributed by atoms with Gasteiger partial charge in [-0.1, -0.05) is 32.8 Å². The lowest BCUT2D eigenvalue weighted by atomic mass is 9.73. The molecule has 1 unspecified atom stereocenters. The summed E-state index contributed by atoms with van der Waals surface area (Å²) in [5, 5.41) is 6.48. The summed E-state index contributed by atoms with van der Waals surface area (Å²) >= 11 is 0. The topological polar surface area (TPSA) is 78.7 Å². The van der Waals surface area contributed by atoms with Gasteiger partial charge in [-0.05, 0) is 55.7 Å². The normalized spacial score (nSPS) is 22.5. The first-order valence-corrected chi connectivity index (χ1v) is 11.8. The van der Waals surface area contributed by atoms with Crippen molar-refractivity contribution < 1.29 is 9.59 Å². The SMILES string of the molecule is CC(C)C1CCCC[C@H]1CNC(=O)c1cccc2nc(C(=O)N3CCCNCC3)cn12. The minimum absolute atomic E-state index is 0.0688. The zero-order valence-electron chi connectivity index (χ0n) is 18.8. The molecule has 1 aliphatic carbocycles. The molecule has 4 rings (SSSR count). The molecule has 1 aliphatic heterocycles. The van der Waals surface area contributed by atoms with Crippen molar-refractivity contribution in [3.63, 3.8) is 0 Å². The molecule has 31 heavy (non-hydrogen) atoms. The first kappa shape index (κ1) is 21.8. The lowest BCUT2D eigenvalue weighted by Gasteiger charge is -2.34. The third-order valence-electron chi connectivity index (χ3n) is 6.92. The van der Waals surface area contributed by atoms with E-state index in [0.717, 1.165) is 26.1 Å². The second kappa shape index (κ2) is 9.81. The fourth-order valence-corrected chi connectivity index (χ4v) is 5.19. The highest BCUT2D eigenvalue weighted by atomic mass is 16.2. The minimum atomic E-state index is -0.103. The van der Waals surface area contributed by atoms with E-state index in [-0.39, 0.29) is 11.8 Å². The third kappa shape index (κ3) is 4.92. The van der Waals surface area contributed by atoms with E-state index in [1.165, 1.54) is 25.7 Å². The number of carbonyl (C=O) groups is 2. The molecular weight excluding hydrogens is 390 g/mol. The average molecular weight is 426 g/mol. The molecule has 2 aromatic rings. The van der Waals surface area contributed by atoms with E-state index in [1.807, 2.05) is 17.0 Å². The van der Waals surface area contributed by atoms with Gasteiger partial charge in [0.05, 0.1) is 0 Å². The number of carbonyl (C=O) groups excluding carboxylic acids is 2. The van der Waals surface area contributed by atoms with Crippen LogP contribution in [0, 0.1) is 17.8 Å². The number of rotatable bonds is 5. The Balaban J connectivity index is 1.48. The van der Waals surface area contributed by atoms with Gasteiger partial charge in [0.25, 0.3) is 11.8 Å². The number of imidazole rings is 1. The number of hydrogen-bond acceptors (Lipinski definition) is 4. The summed E-state index contributed by atoms with van der Waals surface area (Å²) in [6.45, 7) is 8.42. The van der Waals surface area contributed by atoms with Gasteiger partial charge in [-0.25, -0.2) is 4.98 Å². The Morgan fingerprint density at radius 2 is 2.00 bits per heavy atom. The van der Waals surface area contributed by atoms with Gasteiger partial charge >= 0.3 is 0 Å². The van der Waals surface area contributed by atoms with Crippen LogP contribution >= 0.6 is 0 Å². The lowest BCUT2D eigenvalue weighted by Crippen LogP contribution is -2.36. The summed E-state index contributed by atoms with van der Waals surface area (Å²) in [7, 11) is 0. The van der Waals surface area contributed by atoms with Gasteiger partial charge in [-0.15, -0.1) is 0 Å². The van der Waals surface area contributed by atoms with Gasteiger partial charge in [0.1, 0.15) is 17.0 Å². The van der Waals surface area contributed by atoms with E-state index in [0.29, 0.717) is 47.9 Å². The summed E-state index contributed by atoms with van der Waals surface area (Å²) in [5.41, 5.74) is 1.55. The van der Waals surface area contributed by atoms with Crippen LogP contribution < -0.4 is 10.6 Å². The number of nitrogens with zero attached hydrogens (tertiary/aromatic N) is 3. The first-order chi connectivity index (χ1) is 15.0. The quantitative estimate of drug-likeness (QED) is 0.772. The van der Waals surface area contributed by atoms with E-state index < -0.39 is 0 Å². The van der Waals surface area contributed by atoms with Crippen molar-refractivity contribution in [2.24, 2.45) is 17.8 Å². The summed E-state index contributed by atoms with van der Waals surface area (Å²) in [6, 6.07) is 5.47. The van der Waals surface area contributed by atoms with E-state index in [1.54, 1.807) is 16.7 Å². The Hall–Kier alpha value is -2.41. The highest BCUT2D eigenvalue weighted by molar-refractivity contribution is 5.95. The first-order valence-electron chi connectivity index (χ1n) is 11.8. The van der Waals surface area contributed by atoms with Crippen LogP contribution in [-0.2, 0) is 0 Å². The Morgan fingerprint density at radius 1 is 1.16 bits per heavy atom. The zero-order chi connectivity index (χ0) is 21.8. The van der Waals surface area contributed by atoms with Crippen LogP contribution in [0.4, 0.5) is 0 Å². The van der Waals surface area contributed by atoms with Gasteiger partial charge < -0.3 is 15.5 Å². The molecule has 7 heteroatoms. The van der Waals surface area contributed by atoms with E-state index >= 15 is 0 Å². The fourth-order valence-electron chi connectivity index (χ4n) is 5.19. The highest BCUT2D eigenvalue weighted by Gasteiger charge is 2.28. The van der Waals surface area contributed by atoms with Crippen molar-refractivity contribution in [3.05, 3.63) is 35.8 Å². The molecule has 1 saturated carbocycles. The second-order valence-electron chi connectivity index (χ2n) is 9.32. The Labute approximate surface area is 184 Å². The average Bonchev–Trinajstić information content (AvgIpc) is 3.03. The summed E-state index contributed by atoms with van der Waals surface area (Å²) in [4.78, 5) is 32.4. The predicted molar refractivity (Wildman–Crippen MR) is 121 cm³/mol. The summed E-state index contributed by atoms with van der Waals surface area (Å²) in [6.07, 6.45) is 7.63. The van der Waals surface area contributed by atoms with Crippen LogP contribution in [-0.4, -0.2) is 58.8 Å². The molecule has 3 heterocycles. The van der Waals surface area contributed by atoms with Gasteiger partial charge in [-0.3, -0.25) is 14.0 Å². The van der Waals surface area contributed by atoms with Gasteiger partial charge in [0, 0.05) is 32.4 Å². The van der Waals surface area contributed by atoms with Gasteiger partial charge in [-0.2, -0.15) is 0 Å². The Bertz CT molecular complexity index is 914. The van der Waals surface area contributed by atoms with Crippen molar-refractivity contribution >= 4 is 17.5 Å². The van der Waals surface area contributed by atoms with Crippen molar-refractivity contribution in [1.82, 2.24) is 24.9 Å². The summed E-state index contributed by atoms with van der Waals surface area (Å²) in [5.74, 6) is 1.68. The fraction of sp³-hybridized carbons (Fsp3) is 0.625. The number of fused-ring (bicyclic) bond motifs is 1. The van der Waals surface area contributed by atoms with Gasteiger partial charge in [0.2, 0.25) is 0 Å². The van der Waals surface area contributed by atoms with Crippen molar-refractivity contribution in [1.29, 1.82) is 0 Å². The van der Waals surface area contributed by atoms with E-state index in [2.05, 4.69) is 29.5 Å². The molecule has 0 bridgehead atoms. The molecule has 1 saturated heterocycles. The van der Waals surface area contributed by atoms with E-state index in [9.17, 15) is 9.59 Å². The third-order valence-corrected chi connectivity index (χ3v) is 6.92. The molecule has 2 aliphatic rings. The molecular formula is C24H35N5O2. The molecule has 2 fully saturated rings. The largest absolute Gasteiger partial charge is 0.350 e. The van der Waals surface area contributed by atoms with Crippen LogP contribution in [0.15, 0.2) is 24.4 Å². The summed E-state index contributed by atoms with van der Waals surface area (Å²) < 4.78 is 1.75. The predicted octanol–water partition coefficient (Wildman–Crippen LogP) is 2.96. The van der Waals surface area contributed by atoms with Crippen molar-refractivity contribution in [2.75, 3.05) is 32.7 Å². The number of amides is 2. The number of pyridine rings is 1.